The van der Waals surface area contributed by atoms with Crippen LogP contribution in [-0.2, 0) is 12.8 Å². The van der Waals surface area contributed by atoms with E-state index in [1.54, 1.807) is 11.0 Å². The molecule has 1 aromatic heterocycles. The van der Waals surface area contributed by atoms with Gasteiger partial charge in [0.15, 0.2) is 5.69 Å². The summed E-state index contributed by atoms with van der Waals surface area (Å²) in [5.41, 5.74) is 0.0245. The lowest BCUT2D eigenvalue weighted by molar-refractivity contribution is -0.137. The number of benzene rings is 1. The first kappa shape index (κ1) is 19.2. The molecule has 2 aromatic rings. The van der Waals surface area contributed by atoms with Gasteiger partial charge in [0.1, 0.15) is 12.4 Å². The molecule has 0 unspecified atom stereocenters. The van der Waals surface area contributed by atoms with Crippen molar-refractivity contribution in [3.8, 4) is 5.75 Å². The molecular formula is C18H21F3N4O2. The number of hydrogen-bond donors (Lipinski definition) is 1. The molecule has 1 saturated heterocycles. The fourth-order valence-corrected chi connectivity index (χ4v) is 2.88. The summed E-state index contributed by atoms with van der Waals surface area (Å²) in [5, 5.41) is 6.73. The van der Waals surface area contributed by atoms with Gasteiger partial charge in [-0.1, -0.05) is 6.07 Å². The van der Waals surface area contributed by atoms with Crippen molar-refractivity contribution in [2.24, 2.45) is 0 Å². The number of likely N-dealkylation sites (N-methyl/N-ethyl adjacent to an activating group) is 1. The number of nitrogens with zero attached hydrogens (tertiary/aromatic N) is 3. The van der Waals surface area contributed by atoms with Crippen molar-refractivity contribution >= 4 is 5.91 Å². The van der Waals surface area contributed by atoms with Gasteiger partial charge < -0.3 is 14.5 Å². The topological polar surface area (TPSA) is 61.5 Å². The Balaban J connectivity index is 1.60. The van der Waals surface area contributed by atoms with E-state index in [1.165, 1.54) is 12.1 Å². The van der Waals surface area contributed by atoms with Crippen molar-refractivity contribution in [1.29, 1.82) is 0 Å². The summed E-state index contributed by atoms with van der Waals surface area (Å²) < 4.78 is 43.6. The van der Waals surface area contributed by atoms with Gasteiger partial charge in [-0.25, -0.2) is 0 Å². The Hall–Kier alpha value is -2.55. The first-order chi connectivity index (χ1) is 12.8. The molecule has 146 valence electrons. The standard InChI is InChI=1S/C18H21F3N4O2/c1-24-6-3-7-25(9-8-24)17(26)16-11-14(22-23-16)12-27-15-5-2-4-13(10-15)18(19,20)21/h2,4-5,10-11H,3,6-9,12H2,1H3,(H,22,23). The summed E-state index contributed by atoms with van der Waals surface area (Å²) in [4.78, 5) is 16.5. The van der Waals surface area contributed by atoms with Gasteiger partial charge in [0.25, 0.3) is 5.91 Å². The molecular weight excluding hydrogens is 361 g/mol. The number of amides is 1. The lowest BCUT2D eigenvalue weighted by Crippen LogP contribution is -2.34. The van der Waals surface area contributed by atoms with Gasteiger partial charge in [-0.15, -0.1) is 0 Å². The maximum Gasteiger partial charge on any atom is 0.416 e. The highest BCUT2D eigenvalue weighted by Crippen LogP contribution is 2.31. The van der Waals surface area contributed by atoms with Crippen LogP contribution < -0.4 is 4.74 Å². The van der Waals surface area contributed by atoms with Gasteiger partial charge >= 0.3 is 6.18 Å². The van der Waals surface area contributed by atoms with Gasteiger partial charge in [-0.2, -0.15) is 18.3 Å². The molecule has 27 heavy (non-hydrogen) atoms. The molecule has 0 aliphatic carbocycles. The van der Waals surface area contributed by atoms with Crippen LogP contribution in [0.15, 0.2) is 30.3 Å². The highest BCUT2D eigenvalue weighted by atomic mass is 19.4. The largest absolute Gasteiger partial charge is 0.487 e. The minimum Gasteiger partial charge on any atom is -0.487 e. The zero-order valence-electron chi connectivity index (χ0n) is 14.9. The van der Waals surface area contributed by atoms with Crippen molar-refractivity contribution < 1.29 is 22.7 Å². The third-order valence-corrected chi connectivity index (χ3v) is 4.41. The molecule has 1 aliphatic rings. The van der Waals surface area contributed by atoms with Crippen LogP contribution in [0, 0.1) is 0 Å². The van der Waals surface area contributed by atoms with Crippen LogP contribution in [0.3, 0.4) is 0 Å². The van der Waals surface area contributed by atoms with Crippen LogP contribution in [0.25, 0.3) is 0 Å². The zero-order chi connectivity index (χ0) is 19.4. The number of ether oxygens (including phenoxy) is 1. The monoisotopic (exact) mass is 382 g/mol. The highest BCUT2D eigenvalue weighted by Gasteiger charge is 2.30. The van der Waals surface area contributed by atoms with Crippen molar-refractivity contribution in [3.63, 3.8) is 0 Å². The number of alkyl halides is 3. The molecule has 1 N–H and O–H groups in total. The van der Waals surface area contributed by atoms with Gasteiger partial charge in [0.05, 0.1) is 11.3 Å². The summed E-state index contributed by atoms with van der Waals surface area (Å²) in [6.07, 6.45) is -3.52. The van der Waals surface area contributed by atoms with Crippen molar-refractivity contribution in [1.82, 2.24) is 20.0 Å². The average Bonchev–Trinajstić information content (AvgIpc) is 3.00. The SMILES string of the molecule is CN1CCCN(C(=O)c2cc(COc3cccc(C(F)(F)F)c3)[nH]n2)CC1. The normalized spacial score (nSPS) is 16.2. The predicted octanol–water partition coefficient (Wildman–Crippen LogP) is 2.79. The van der Waals surface area contributed by atoms with Crippen LogP contribution in [-0.4, -0.2) is 59.1 Å². The number of carbonyl (C=O) groups is 1. The molecule has 9 heteroatoms. The van der Waals surface area contributed by atoms with Crippen molar-refractivity contribution in [3.05, 3.63) is 47.3 Å². The molecule has 1 fully saturated rings. The van der Waals surface area contributed by atoms with E-state index in [9.17, 15) is 18.0 Å². The highest BCUT2D eigenvalue weighted by molar-refractivity contribution is 5.92. The van der Waals surface area contributed by atoms with E-state index < -0.39 is 11.7 Å². The van der Waals surface area contributed by atoms with Crippen LogP contribution in [0.5, 0.6) is 5.75 Å². The van der Waals surface area contributed by atoms with Crippen LogP contribution in [0.4, 0.5) is 13.2 Å². The van der Waals surface area contributed by atoms with E-state index in [0.29, 0.717) is 18.8 Å². The third kappa shape index (κ3) is 5.00. The summed E-state index contributed by atoms with van der Waals surface area (Å²) in [7, 11) is 2.02. The van der Waals surface area contributed by atoms with E-state index in [-0.39, 0.29) is 24.0 Å². The first-order valence-electron chi connectivity index (χ1n) is 8.65. The van der Waals surface area contributed by atoms with E-state index in [4.69, 9.17) is 4.74 Å². The first-order valence-corrected chi connectivity index (χ1v) is 8.65. The molecule has 1 amide bonds. The lowest BCUT2D eigenvalue weighted by Gasteiger charge is -2.19. The number of H-pyrrole nitrogens is 1. The molecule has 0 bridgehead atoms. The number of aromatic amines is 1. The Morgan fingerprint density at radius 3 is 2.81 bits per heavy atom. The predicted molar refractivity (Wildman–Crippen MR) is 92.4 cm³/mol. The second kappa shape index (κ2) is 7.99. The summed E-state index contributed by atoms with van der Waals surface area (Å²) in [6.45, 7) is 3.05. The Morgan fingerprint density at radius 2 is 2.04 bits per heavy atom. The van der Waals surface area contributed by atoms with Gasteiger partial charge in [-0.05, 0) is 44.3 Å². The van der Waals surface area contributed by atoms with E-state index in [0.717, 1.165) is 31.6 Å². The molecule has 3 rings (SSSR count). The number of rotatable bonds is 4. The number of nitrogens with one attached hydrogen (secondary N) is 1. The molecule has 0 radical (unpaired) electrons. The Kier molecular flexibility index (Phi) is 5.69. The van der Waals surface area contributed by atoms with Crippen molar-refractivity contribution in [2.45, 2.75) is 19.2 Å². The lowest BCUT2D eigenvalue weighted by atomic mass is 10.2. The molecule has 1 aliphatic heterocycles. The minimum atomic E-state index is -4.42. The Labute approximate surface area is 154 Å². The van der Waals surface area contributed by atoms with E-state index in [1.807, 2.05) is 7.05 Å². The molecule has 0 atom stereocenters. The molecule has 1 aromatic carbocycles. The molecule has 2 heterocycles. The van der Waals surface area contributed by atoms with E-state index >= 15 is 0 Å². The van der Waals surface area contributed by atoms with Crippen molar-refractivity contribution in [2.75, 3.05) is 33.2 Å². The summed E-state index contributed by atoms with van der Waals surface area (Å²) >= 11 is 0. The average molecular weight is 382 g/mol. The van der Waals surface area contributed by atoms with Crippen LogP contribution in [0.2, 0.25) is 0 Å². The Morgan fingerprint density at radius 1 is 1.22 bits per heavy atom. The van der Waals surface area contributed by atoms with E-state index in [2.05, 4.69) is 15.1 Å². The Bertz CT molecular complexity index is 791. The van der Waals surface area contributed by atoms with Gasteiger partial charge in [-0.3, -0.25) is 9.89 Å². The third-order valence-electron chi connectivity index (χ3n) is 4.41. The number of halogens is 3. The zero-order valence-corrected chi connectivity index (χ0v) is 14.9. The fourth-order valence-electron chi connectivity index (χ4n) is 2.88. The van der Waals surface area contributed by atoms with Gasteiger partial charge in [0, 0.05) is 19.6 Å². The minimum absolute atomic E-state index is 0.00959. The second-order valence-electron chi connectivity index (χ2n) is 6.54. The van der Waals surface area contributed by atoms with Crippen LogP contribution >= 0.6 is 0 Å². The number of hydrogen-bond acceptors (Lipinski definition) is 4. The van der Waals surface area contributed by atoms with Crippen LogP contribution in [0.1, 0.15) is 28.2 Å². The number of carbonyl (C=O) groups excluding carboxylic acids is 1. The van der Waals surface area contributed by atoms with Gasteiger partial charge in [0.2, 0.25) is 0 Å². The fraction of sp³-hybridized carbons (Fsp3) is 0.444. The summed E-state index contributed by atoms with van der Waals surface area (Å²) in [6, 6.07) is 6.24. The quantitative estimate of drug-likeness (QED) is 0.883. The second-order valence-corrected chi connectivity index (χ2v) is 6.54. The maximum absolute atomic E-state index is 12.7. The summed E-state index contributed by atoms with van der Waals surface area (Å²) in [5.74, 6) is -0.0604. The molecule has 0 spiro atoms. The maximum atomic E-state index is 12.7. The smallest absolute Gasteiger partial charge is 0.416 e. The molecule has 6 nitrogen and oxygen atoms in total. The number of aromatic nitrogens is 2. The molecule has 0 saturated carbocycles.